The number of carboxylic acids is 1. The lowest BCUT2D eigenvalue weighted by Gasteiger charge is -2.32. The van der Waals surface area contributed by atoms with Crippen molar-refractivity contribution >= 4 is 40.9 Å². The Morgan fingerprint density at radius 3 is 2.90 bits per heavy atom. The van der Waals surface area contributed by atoms with Gasteiger partial charge in [0.2, 0.25) is 0 Å². The lowest BCUT2D eigenvalue weighted by molar-refractivity contribution is -0.385. The maximum absolute atomic E-state index is 12.4. The first-order valence-corrected chi connectivity index (χ1v) is 7.36. The van der Waals surface area contributed by atoms with Gasteiger partial charge in [-0.15, -0.1) is 0 Å². The number of halogens is 1. The minimum absolute atomic E-state index is 0.163. The number of aromatic nitrogens is 1. The van der Waals surface area contributed by atoms with E-state index < -0.39 is 22.8 Å². The molecular weight excluding hydrogens is 322 g/mol. The highest BCUT2D eigenvalue weighted by atomic mass is 35.5. The zero-order valence-corrected chi connectivity index (χ0v) is 12.1. The van der Waals surface area contributed by atoms with E-state index in [1.54, 1.807) is 0 Å². The molecule has 1 saturated heterocycles. The fourth-order valence-electron chi connectivity index (χ4n) is 1.89. The smallest absolute Gasteiger partial charge is 0.327 e. The zero-order valence-electron chi connectivity index (χ0n) is 10.6. The number of hydrogen-bond donors (Lipinski definition) is 1. The Bertz CT molecular complexity index is 612. The number of carbonyl (C=O) groups excluding carboxylic acids is 1. The van der Waals surface area contributed by atoms with Crippen LogP contribution in [0.15, 0.2) is 12.3 Å². The van der Waals surface area contributed by atoms with Crippen LogP contribution in [0, 0.1) is 10.1 Å². The Morgan fingerprint density at radius 1 is 1.57 bits per heavy atom. The van der Waals surface area contributed by atoms with E-state index in [1.165, 1.54) is 11.8 Å². The molecule has 0 saturated carbocycles. The van der Waals surface area contributed by atoms with E-state index >= 15 is 0 Å². The van der Waals surface area contributed by atoms with Gasteiger partial charge in [-0.05, 0) is 0 Å². The van der Waals surface area contributed by atoms with Crippen LogP contribution in [0.5, 0.6) is 0 Å². The Labute approximate surface area is 128 Å². The van der Waals surface area contributed by atoms with Gasteiger partial charge in [0.25, 0.3) is 11.6 Å². The summed E-state index contributed by atoms with van der Waals surface area (Å²) in [6, 6.07) is 0.0322. The highest BCUT2D eigenvalue weighted by Gasteiger charge is 2.34. The van der Waals surface area contributed by atoms with Crippen molar-refractivity contribution in [1.82, 2.24) is 9.88 Å². The topological polar surface area (TPSA) is 114 Å². The largest absolute Gasteiger partial charge is 0.480 e. The van der Waals surface area contributed by atoms with Gasteiger partial charge >= 0.3 is 5.97 Å². The summed E-state index contributed by atoms with van der Waals surface area (Å²) in [4.78, 5) is 38.4. The third-order valence-electron chi connectivity index (χ3n) is 2.94. The van der Waals surface area contributed by atoms with Crippen LogP contribution in [0.3, 0.4) is 0 Å². The number of aliphatic carboxylic acids is 1. The molecule has 21 heavy (non-hydrogen) atoms. The minimum atomic E-state index is -1.12. The second-order valence-corrected chi connectivity index (χ2v) is 5.72. The highest BCUT2D eigenvalue weighted by molar-refractivity contribution is 7.99. The fraction of sp³-hybridized carbons (Fsp3) is 0.364. The number of hydrogen-bond acceptors (Lipinski definition) is 6. The summed E-state index contributed by atoms with van der Waals surface area (Å²) in [6.45, 7) is 0.236. The molecule has 1 aromatic heterocycles. The van der Waals surface area contributed by atoms with Crippen LogP contribution in [-0.4, -0.2) is 55.9 Å². The molecule has 0 spiro atoms. The number of amides is 1. The van der Waals surface area contributed by atoms with Gasteiger partial charge in [0.1, 0.15) is 17.4 Å². The lowest BCUT2D eigenvalue weighted by Crippen LogP contribution is -2.50. The second-order valence-electron chi connectivity index (χ2n) is 4.22. The van der Waals surface area contributed by atoms with Crippen LogP contribution in [0.25, 0.3) is 0 Å². The summed E-state index contributed by atoms with van der Waals surface area (Å²) in [5, 5.41) is 19.7. The van der Waals surface area contributed by atoms with Crippen LogP contribution < -0.4 is 0 Å². The second kappa shape index (κ2) is 6.27. The first-order valence-electron chi connectivity index (χ1n) is 5.83. The highest BCUT2D eigenvalue weighted by Crippen LogP contribution is 2.24. The van der Waals surface area contributed by atoms with E-state index in [2.05, 4.69) is 4.98 Å². The van der Waals surface area contributed by atoms with Crippen molar-refractivity contribution in [1.29, 1.82) is 0 Å². The molecule has 1 aliphatic heterocycles. The summed E-state index contributed by atoms with van der Waals surface area (Å²) < 4.78 is 0. The fourth-order valence-corrected chi connectivity index (χ4v) is 3.12. The molecule has 1 aromatic rings. The van der Waals surface area contributed by atoms with E-state index in [0.717, 1.165) is 17.2 Å². The number of carboxylic acid groups (broad SMARTS) is 1. The maximum atomic E-state index is 12.4. The first kappa shape index (κ1) is 15.5. The predicted molar refractivity (Wildman–Crippen MR) is 75.7 cm³/mol. The molecular formula is C11H10ClN3O5S. The Kier molecular flexibility index (Phi) is 4.63. The van der Waals surface area contributed by atoms with Crippen molar-refractivity contribution in [3.05, 3.63) is 33.1 Å². The van der Waals surface area contributed by atoms with Gasteiger partial charge in [-0.1, -0.05) is 11.6 Å². The van der Waals surface area contributed by atoms with Crippen LogP contribution >= 0.6 is 23.4 Å². The van der Waals surface area contributed by atoms with E-state index in [1.807, 2.05) is 0 Å². The quantitative estimate of drug-likeness (QED) is 0.504. The molecule has 1 amide bonds. The number of nitro groups is 1. The molecule has 0 bridgehead atoms. The van der Waals surface area contributed by atoms with Gasteiger partial charge in [-0.2, -0.15) is 11.8 Å². The molecule has 1 atom stereocenters. The molecule has 0 aliphatic carbocycles. The summed E-state index contributed by atoms with van der Waals surface area (Å²) in [6.07, 6.45) is 0.944. The summed E-state index contributed by atoms with van der Waals surface area (Å²) in [7, 11) is 0. The molecule has 1 unspecified atom stereocenters. The van der Waals surface area contributed by atoms with Crippen LogP contribution in [0.2, 0.25) is 5.15 Å². The van der Waals surface area contributed by atoms with E-state index in [9.17, 15) is 19.7 Å². The van der Waals surface area contributed by atoms with Crippen LogP contribution in [0.1, 0.15) is 10.4 Å². The molecule has 1 aliphatic rings. The lowest BCUT2D eigenvalue weighted by atomic mass is 10.2. The molecule has 8 nitrogen and oxygen atoms in total. The molecule has 0 aromatic carbocycles. The molecule has 10 heteroatoms. The van der Waals surface area contributed by atoms with Gasteiger partial charge < -0.3 is 10.0 Å². The van der Waals surface area contributed by atoms with Gasteiger partial charge in [-0.3, -0.25) is 14.9 Å². The maximum Gasteiger partial charge on any atom is 0.327 e. The average Bonchev–Trinajstić information content (AvgIpc) is 2.46. The van der Waals surface area contributed by atoms with Crippen LogP contribution in [0.4, 0.5) is 5.69 Å². The number of carbonyl (C=O) groups is 2. The van der Waals surface area contributed by atoms with Crippen molar-refractivity contribution in [2.45, 2.75) is 6.04 Å². The summed E-state index contributed by atoms with van der Waals surface area (Å²) >= 11 is 7.24. The number of nitrogens with zero attached hydrogens (tertiary/aromatic N) is 3. The predicted octanol–water partition coefficient (Wildman–Crippen LogP) is 1.29. The SMILES string of the molecule is O=C(O)C1CSCCN1C(=O)c1cc([N+](=O)[O-])cnc1Cl. The van der Waals surface area contributed by atoms with Gasteiger partial charge in [0.05, 0.1) is 10.5 Å². The van der Waals surface area contributed by atoms with E-state index in [-0.39, 0.29) is 28.7 Å². The number of rotatable bonds is 3. The zero-order chi connectivity index (χ0) is 15.6. The standard InChI is InChI=1S/C11H10ClN3O5S/c12-9-7(3-6(4-13-9)15(19)20)10(16)14-1-2-21-5-8(14)11(17)18/h3-4,8H,1-2,5H2,(H,17,18). The number of thioether (sulfide) groups is 1. The monoisotopic (exact) mass is 331 g/mol. The van der Waals surface area contributed by atoms with Crippen molar-refractivity contribution in [3.63, 3.8) is 0 Å². The summed E-state index contributed by atoms with van der Waals surface area (Å²) in [5.41, 5.74) is -0.537. The first-order chi connectivity index (χ1) is 9.91. The van der Waals surface area contributed by atoms with E-state index in [0.29, 0.717) is 5.75 Å². The van der Waals surface area contributed by atoms with E-state index in [4.69, 9.17) is 16.7 Å². The molecule has 0 radical (unpaired) electrons. The Balaban J connectivity index is 2.36. The van der Waals surface area contributed by atoms with Gasteiger partial charge in [0, 0.05) is 24.1 Å². The molecule has 112 valence electrons. The third kappa shape index (κ3) is 3.24. The van der Waals surface area contributed by atoms with Crippen LogP contribution in [-0.2, 0) is 4.79 Å². The van der Waals surface area contributed by atoms with Crippen molar-refractivity contribution < 1.29 is 19.6 Å². The van der Waals surface area contributed by atoms with Gasteiger partial charge in [-0.25, -0.2) is 9.78 Å². The Morgan fingerprint density at radius 2 is 2.29 bits per heavy atom. The Hall–Kier alpha value is -1.87. The van der Waals surface area contributed by atoms with Crippen molar-refractivity contribution in [2.75, 3.05) is 18.1 Å². The van der Waals surface area contributed by atoms with Crippen molar-refractivity contribution in [3.8, 4) is 0 Å². The molecule has 1 N–H and O–H groups in total. The van der Waals surface area contributed by atoms with Crippen molar-refractivity contribution in [2.24, 2.45) is 0 Å². The van der Waals surface area contributed by atoms with Gasteiger partial charge in [0.15, 0.2) is 0 Å². The normalized spacial score (nSPS) is 18.3. The molecule has 2 heterocycles. The third-order valence-corrected chi connectivity index (χ3v) is 4.26. The molecule has 2 rings (SSSR count). The summed E-state index contributed by atoms with van der Waals surface area (Å²) in [5.74, 6) is -0.926. The average molecular weight is 332 g/mol. The number of pyridine rings is 1. The minimum Gasteiger partial charge on any atom is -0.480 e. The molecule has 1 fully saturated rings.